The van der Waals surface area contributed by atoms with Gasteiger partial charge in [0.25, 0.3) is 5.91 Å². The molecule has 22 heavy (non-hydrogen) atoms. The van der Waals surface area contributed by atoms with Crippen molar-refractivity contribution in [1.82, 2.24) is 25.1 Å². The first-order valence-corrected chi connectivity index (χ1v) is 7.33. The van der Waals surface area contributed by atoms with Crippen LogP contribution < -0.4 is 0 Å². The van der Waals surface area contributed by atoms with Crippen LogP contribution in [0.25, 0.3) is 10.9 Å². The lowest BCUT2D eigenvalue weighted by Crippen LogP contribution is -2.31. The molecule has 0 bridgehead atoms. The first-order valence-electron chi connectivity index (χ1n) is 7.33. The molecule has 0 saturated carbocycles. The summed E-state index contributed by atoms with van der Waals surface area (Å²) in [6.45, 7) is 1.24. The van der Waals surface area contributed by atoms with Crippen LogP contribution in [-0.2, 0) is 13.0 Å². The molecule has 2 aromatic heterocycles. The lowest BCUT2D eigenvalue weighted by atomic mass is 10.1. The maximum Gasteiger partial charge on any atom is 0.275 e. The van der Waals surface area contributed by atoms with Gasteiger partial charge in [0, 0.05) is 35.9 Å². The molecule has 4 rings (SSSR count). The molecule has 1 N–H and O–H groups in total. The number of aryl methyl sites for hydroxylation is 1. The van der Waals surface area contributed by atoms with E-state index in [1.54, 1.807) is 12.5 Å². The van der Waals surface area contributed by atoms with Crippen LogP contribution in [-0.4, -0.2) is 37.5 Å². The summed E-state index contributed by atoms with van der Waals surface area (Å²) in [7, 11) is 0. The summed E-state index contributed by atoms with van der Waals surface area (Å²) in [4.78, 5) is 23.1. The fourth-order valence-corrected chi connectivity index (χ4v) is 2.91. The topological polar surface area (TPSA) is 74.8 Å². The number of carbonyl (C=O) groups excluding carboxylic acids is 1. The maximum absolute atomic E-state index is 12.8. The van der Waals surface area contributed by atoms with Crippen molar-refractivity contribution < 1.29 is 4.79 Å². The summed E-state index contributed by atoms with van der Waals surface area (Å²) in [5, 5.41) is 7.99. The lowest BCUT2D eigenvalue weighted by molar-refractivity contribution is 0.0741. The van der Waals surface area contributed by atoms with Crippen LogP contribution in [0.5, 0.6) is 0 Å². The van der Waals surface area contributed by atoms with Crippen LogP contribution in [0, 0.1) is 0 Å². The second-order valence-corrected chi connectivity index (χ2v) is 5.44. The molecule has 1 amide bonds. The zero-order valence-electron chi connectivity index (χ0n) is 12.0. The maximum atomic E-state index is 12.8. The molecule has 0 radical (unpaired) electrons. The van der Waals surface area contributed by atoms with E-state index in [1.165, 1.54) is 0 Å². The molecule has 0 fully saturated rings. The molecule has 0 saturated heterocycles. The zero-order valence-corrected chi connectivity index (χ0v) is 12.0. The highest BCUT2D eigenvalue weighted by atomic mass is 16.2. The van der Waals surface area contributed by atoms with Crippen molar-refractivity contribution in [2.45, 2.75) is 19.4 Å². The number of amides is 1. The third-order valence-electron chi connectivity index (χ3n) is 4.04. The van der Waals surface area contributed by atoms with Gasteiger partial charge in [0.05, 0.1) is 5.52 Å². The minimum atomic E-state index is -0.0471. The van der Waals surface area contributed by atoms with Gasteiger partial charge in [-0.1, -0.05) is 18.2 Å². The first-order chi connectivity index (χ1) is 10.8. The number of hydrogen-bond donors (Lipinski definition) is 1. The average molecular weight is 293 g/mol. The van der Waals surface area contributed by atoms with Crippen molar-refractivity contribution in [1.29, 1.82) is 0 Å². The summed E-state index contributed by atoms with van der Waals surface area (Å²) >= 11 is 0. The molecule has 3 aromatic rings. The van der Waals surface area contributed by atoms with Gasteiger partial charge in [0.1, 0.15) is 6.33 Å². The summed E-state index contributed by atoms with van der Waals surface area (Å²) in [6.07, 6.45) is 5.15. The second-order valence-electron chi connectivity index (χ2n) is 5.44. The highest BCUT2D eigenvalue weighted by Crippen LogP contribution is 2.21. The van der Waals surface area contributed by atoms with Gasteiger partial charge in [-0.3, -0.25) is 9.89 Å². The normalized spacial score (nSPS) is 14.6. The van der Waals surface area contributed by atoms with Gasteiger partial charge in [-0.15, -0.1) is 0 Å². The summed E-state index contributed by atoms with van der Waals surface area (Å²) in [5.74, 6) is -0.0471. The number of aromatic amines is 1. The molecule has 0 spiro atoms. The number of nitrogens with zero attached hydrogens (tertiary/aromatic N) is 4. The molecular formula is C16H15N5O. The lowest BCUT2D eigenvalue weighted by Gasteiger charge is -2.19. The van der Waals surface area contributed by atoms with E-state index < -0.39 is 0 Å². The van der Waals surface area contributed by atoms with E-state index in [-0.39, 0.29) is 5.91 Å². The number of hydrogen-bond acceptors (Lipinski definition) is 4. The summed E-state index contributed by atoms with van der Waals surface area (Å²) < 4.78 is 0. The van der Waals surface area contributed by atoms with Crippen molar-refractivity contribution in [3.8, 4) is 0 Å². The van der Waals surface area contributed by atoms with Gasteiger partial charge in [-0.05, 0) is 18.9 Å². The Morgan fingerprint density at radius 2 is 2.18 bits per heavy atom. The third-order valence-corrected chi connectivity index (χ3v) is 4.04. The minimum Gasteiger partial charge on any atom is -0.333 e. The Balaban J connectivity index is 1.68. The number of fused-ring (bicyclic) bond motifs is 2. The zero-order chi connectivity index (χ0) is 14.9. The Kier molecular flexibility index (Phi) is 3.07. The van der Waals surface area contributed by atoms with E-state index in [0.717, 1.165) is 35.0 Å². The average Bonchev–Trinajstić information content (AvgIpc) is 2.86. The Hall–Kier alpha value is -2.76. The van der Waals surface area contributed by atoms with Crippen molar-refractivity contribution >= 4 is 16.8 Å². The summed E-state index contributed by atoms with van der Waals surface area (Å²) in [5.41, 5.74) is 3.42. The molecule has 1 aliphatic rings. The van der Waals surface area contributed by atoms with Crippen molar-refractivity contribution in [2.75, 3.05) is 6.54 Å². The Morgan fingerprint density at radius 3 is 3.14 bits per heavy atom. The number of H-pyrrole nitrogens is 1. The second kappa shape index (κ2) is 5.22. The van der Waals surface area contributed by atoms with Crippen LogP contribution >= 0.6 is 0 Å². The van der Waals surface area contributed by atoms with Gasteiger partial charge < -0.3 is 4.90 Å². The van der Waals surface area contributed by atoms with Gasteiger partial charge in [-0.2, -0.15) is 5.10 Å². The standard InChI is InChI=1S/C16H15N5O/c22-16(15-12-4-1-2-5-14(12)19-20-15)21-7-3-6-13-11(9-21)8-17-10-18-13/h1-2,4-5,8,10H,3,6-7,9H2,(H,19,20). The van der Waals surface area contributed by atoms with E-state index in [0.29, 0.717) is 18.8 Å². The quantitative estimate of drug-likeness (QED) is 0.744. The number of carbonyl (C=O) groups is 1. The summed E-state index contributed by atoms with van der Waals surface area (Å²) in [6, 6.07) is 7.68. The fourth-order valence-electron chi connectivity index (χ4n) is 2.91. The van der Waals surface area contributed by atoms with Crippen molar-refractivity contribution in [3.63, 3.8) is 0 Å². The predicted octanol–water partition coefficient (Wildman–Crippen LogP) is 1.94. The third kappa shape index (κ3) is 2.13. The van der Waals surface area contributed by atoms with E-state index in [1.807, 2.05) is 29.2 Å². The van der Waals surface area contributed by atoms with Gasteiger partial charge in [0.15, 0.2) is 5.69 Å². The largest absolute Gasteiger partial charge is 0.333 e. The molecule has 0 aliphatic carbocycles. The van der Waals surface area contributed by atoms with E-state index in [9.17, 15) is 4.79 Å². The molecule has 6 heteroatoms. The highest BCUT2D eigenvalue weighted by molar-refractivity contribution is 6.04. The Morgan fingerprint density at radius 1 is 1.27 bits per heavy atom. The molecule has 3 heterocycles. The molecular weight excluding hydrogens is 278 g/mol. The monoisotopic (exact) mass is 293 g/mol. The Bertz CT molecular complexity index is 841. The van der Waals surface area contributed by atoms with Crippen molar-refractivity contribution in [2.24, 2.45) is 0 Å². The number of para-hydroxylation sites is 1. The predicted molar refractivity (Wildman–Crippen MR) is 81.2 cm³/mol. The van der Waals surface area contributed by atoms with Crippen LogP contribution in [0.1, 0.15) is 28.2 Å². The van der Waals surface area contributed by atoms with Gasteiger partial charge in [-0.25, -0.2) is 9.97 Å². The molecule has 1 aromatic carbocycles. The van der Waals surface area contributed by atoms with E-state index in [2.05, 4.69) is 20.2 Å². The number of aromatic nitrogens is 4. The van der Waals surface area contributed by atoms with Gasteiger partial charge >= 0.3 is 0 Å². The number of benzene rings is 1. The smallest absolute Gasteiger partial charge is 0.275 e. The van der Waals surface area contributed by atoms with E-state index in [4.69, 9.17) is 0 Å². The molecule has 0 unspecified atom stereocenters. The highest BCUT2D eigenvalue weighted by Gasteiger charge is 2.24. The van der Waals surface area contributed by atoms with Crippen LogP contribution in [0.4, 0.5) is 0 Å². The first kappa shape index (κ1) is 12.9. The minimum absolute atomic E-state index is 0.0471. The van der Waals surface area contributed by atoms with Crippen LogP contribution in [0.15, 0.2) is 36.8 Å². The van der Waals surface area contributed by atoms with Crippen LogP contribution in [0.2, 0.25) is 0 Å². The number of nitrogens with one attached hydrogen (secondary N) is 1. The molecule has 6 nitrogen and oxygen atoms in total. The van der Waals surface area contributed by atoms with E-state index >= 15 is 0 Å². The Labute approximate surface area is 127 Å². The SMILES string of the molecule is O=C(c1n[nH]c2ccccc12)N1CCCc2ncncc2C1. The molecule has 1 aliphatic heterocycles. The fraction of sp³-hybridized carbons (Fsp3) is 0.250. The van der Waals surface area contributed by atoms with Crippen LogP contribution in [0.3, 0.4) is 0 Å². The molecule has 110 valence electrons. The molecule has 0 atom stereocenters. The number of rotatable bonds is 1. The van der Waals surface area contributed by atoms with Gasteiger partial charge in [0.2, 0.25) is 0 Å². The van der Waals surface area contributed by atoms with Crippen molar-refractivity contribution in [3.05, 3.63) is 53.7 Å².